The van der Waals surface area contributed by atoms with Gasteiger partial charge in [-0.15, -0.1) is 0 Å². The SMILES string of the molecule is COc1cc(CCC(=O)N2CCN(C(c3ccccc3)c3ccccc3)CC2)cc(OC)c1OC. The molecule has 0 atom stereocenters. The zero-order valence-electron chi connectivity index (χ0n) is 20.8. The summed E-state index contributed by atoms with van der Waals surface area (Å²) in [6.07, 6.45) is 1.06. The Hall–Kier alpha value is -3.51. The first kappa shape index (κ1) is 24.6. The van der Waals surface area contributed by atoms with Gasteiger partial charge >= 0.3 is 0 Å². The van der Waals surface area contributed by atoms with Crippen LogP contribution >= 0.6 is 0 Å². The molecule has 0 unspecified atom stereocenters. The van der Waals surface area contributed by atoms with Crippen LogP contribution < -0.4 is 14.2 Å². The number of methoxy groups -OCH3 is 3. The summed E-state index contributed by atoms with van der Waals surface area (Å²) in [5, 5.41) is 0. The molecule has 35 heavy (non-hydrogen) atoms. The van der Waals surface area contributed by atoms with Crippen LogP contribution in [0.2, 0.25) is 0 Å². The number of hydrogen-bond donors (Lipinski definition) is 0. The Morgan fingerprint density at radius 3 is 1.74 bits per heavy atom. The van der Waals surface area contributed by atoms with Crippen LogP contribution in [0.25, 0.3) is 0 Å². The second-order valence-corrected chi connectivity index (χ2v) is 8.67. The molecule has 1 amide bonds. The zero-order chi connectivity index (χ0) is 24.6. The van der Waals surface area contributed by atoms with Crippen LogP contribution in [-0.4, -0.2) is 63.2 Å². The number of rotatable bonds is 9. The molecular weight excluding hydrogens is 440 g/mol. The van der Waals surface area contributed by atoms with Crippen LogP contribution in [0.4, 0.5) is 0 Å². The second kappa shape index (κ2) is 11.8. The smallest absolute Gasteiger partial charge is 0.222 e. The number of aryl methyl sites for hydroxylation is 1. The lowest BCUT2D eigenvalue weighted by molar-refractivity contribution is -0.133. The van der Waals surface area contributed by atoms with E-state index < -0.39 is 0 Å². The molecule has 4 rings (SSSR count). The molecule has 1 aliphatic rings. The first-order valence-corrected chi connectivity index (χ1v) is 12.0. The topological polar surface area (TPSA) is 51.2 Å². The minimum absolute atomic E-state index is 0.175. The highest BCUT2D eigenvalue weighted by Crippen LogP contribution is 2.38. The molecular formula is C29H34N2O4. The standard InChI is InChI=1S/C29H34N2O4/c1-33-25-20-22(21-26(34-2)29(25)35-3)14-15-27(32)30-16-18-31(19-17-30)28(23-10-6-4-7-11-23)24-12-8-5-9-13-24/h4-13,20-21,28H,14-19H2,1-3H3. The van der Waals surface area contributed by atoms with E-state index in [1.54, 1.807) is 21.3 Å². The lowest BCUT2D eigenvalue weighted by atomic mass is 9.96. The van der Waals surface area contributed by atoms with E-state index in [4.69, 9.17) is 14.2 Å². The Bertz CT molecular complexity index is 1030. The summed E-state index contributed by atoms with van der Waals surface area (Å²) in [5.74, 6) is 1.95. The molecule has 6 nitrogen and oxygen atoms in total. The zero-order valence-corrected chi connectivity index (χ0v) is 20.8. The molecule has 0 spiro atoms. The number of carbonyl (C=O) groups is 1. The third-order valence-corrected chi connectivity index (χ3v) is 6.61. The summed E-state index contributed by atoms with van der Waals surface area (Å²) in [4.78, 5) is 17.5. The first-order chi connectivity index (χ1) is 17.1. The highest BCUT2D eigenvalue weighted by atomic mass is 16.5. The lowest BCUT2D eigenvalue weighted by Crippen LogP contribution is -2.49. The average Bonchev–Trinajstić information content (AvgIpc) is 2.92. The van der Waals surface area contributed by atoms with Crippen molar-refractivity contribution >= 4 is 5.91 Å². The van der Waals surface area contributed by atoms with Gasteiger partial charge in [-0.3, -0.25) is 9.69 Å². The van der Waals surface area contributed by atoms with Gasteiger partial charge in [0.15, 0.2) is 11.5 Å². The van der Waals surface area contributed by atoms with E-state index >= 15 is 0 Å². The largest absolute Gasteiger partial charge is 0.493 e. The first-order valence-electron chi connectivity index (χ1n) is 12.0. The van der Waals surface area contributed by atoms with Crippen molar-refractivity contribution < 1.29 is 19.0 Å². The van der Waals surface area contributed by atoms with Crippen LogP contribution in [0.1, 0.15) is 29.2 Å². The molecule has 0 saturated carbocycles. The second-order valence-electron chi connectivity index (χ2n) is 8.67. The fraction of sp³-hybridized carbons (Fsp3) is 0.345. The predicted octanol–water partition coefficient (Wildman–Crippen LogP) is 4.58. The summed E-state index contributed by atoms with van der Waals surface area (Å²) in [7, 11) is 4.79. The Labute approximate surface area is 208 Å². The molecule has 1 saturated heterocycles. The number of amides is 1. The molecule has 1 aliphatic heterocycles. The molecule has 0 aliphatic carbocycles. The Kier molecular flexibility index (Phi) is 8.27. The maximum Gasteiger partial charge on any atom is 0.222 e. The molecule has 0 aromatic heterocycles. The van der Waals surface area contributed by atoms with Crippen molar-refractivity contribution in [1.82, 2.24) is 9.80 Å². The third kappa shape index (κ3) is 5.77. The van der Waals surface area contributed by atoms with Crippen LogP contribution in [0.5, 0.6) is 17.2 Å². The normalized spacial score (nSPS) is 14.1. The maximum atomic E-state index is 13.0. The Morgan fingerprint density at radius 2 is 1.29 bits per heavy atom. The molecule has 184 valence electrons. The van der Waals surface area contributed by atoms with E-state index in [9.17, 15) is 4.79 Å². The monoisotopic (exact) mass is 474 g/mol. The molecule has 1 heterocycles. The van der Waals surface area contributed by atoms with Gasteiger partial charge in [0, 0.05) is 32.6 Å². The number of ether oxygens (including phenoxy) is 3. The molecule has 0 bridgehead atoms. The maximum absolute atomic E-state index is 13.0. The van der Waals surface area contributed by atoms with Gasteiger partial charge in [0.1, 0.15) is 0 Å². The van der Waals surface area contributed by atoms with Crippen LogP contribution in [0.15, 0.2) is 72.8 Å². The van der Waals surface area contributed by atoms with E-state index in [-0.39, 0.29) is 11.9 Å². The summed E-state index contributed by atoms with van der Waals surface area (Å²) < 4.78 is 16.3. The van der Waals surface area contributed by atoms with Gasteiger partial charge in [-0.25, -0.2) is 0 Å². The van der Waals surface area contributed by atoms with Crippen LogP contribution in [0.3, 0.4) is 0 Å². The highest BCUT2D eigenvalue weighted by Gasteiger charge is 2.28. The number of carbonyl (C=O) groups excluding carboxylic acids is 1. The number of nitrogens with zero attached hydrogens (tertiary/aromatic N) is 2. The predicted molar refractivity (Wildman–Crippen MR) is 137 cm³/mol. The van der Waals surface area contributed by atoms with Gasteiger partial charge in [-0.2, -0.15) is 0 Å². The molecule has 6 heteroatoms. The van der Waals surface area contributed by atoms with E-state index in [1.807, 2.05) is 17.0 Å². The van der Waals surface area contributed by atoms with E-state index in [0.717, 1.165) is 31.7 Å². The van der Waals surface area contributed by atoms with E-state index in [2.05, 4.69) is 65.6 Å². The number of benzene rings is 3. The van der Waals surface area contributed by atoms with Crippen LogP contribution in [0, 0.1) is 0 Å². The summed E-state index contributed by atoms with van der Waals surface area (Å²) in [5.41, 5.74) is 3.54. The summed E-state index contributed by atoms with van der Waals surface area (Å²) in [6, 6.07) is 25.2. The fourth-order valence-electron chi connectivity index (χ4n) is 4.80. The van der Waals surface area contributed by atoms with Crippen molar-refractivity contribution in [3.8, 4) is 17.2 Å². The number of piperazine rings is 1. The van der Waals surface area contributed by atoms with Gasteiger partial charge in [0.05, 0.1) is 27.4 Å². The van der Waals surface area contributed by atoms with Crippen molar-refractivity contribution in [1.29, 1.82) is 0 Å². The fourth-order valence-corrected chi connectivity index (χ4v) is 4.80. The van der Waals surface area contributed by atoms with Crippen molar-refractivity contribution in [3.63, 3.8) is 0 Å². The highest BCUT2D eigenvalue weighted by molar-refractivity contribution is 5.76. The van der Waals surface area contributed by atoms with Gasteiger partial charge in [0.25, 0.3) is 0 Å². The minimum atomic E-state index is 0.175. The molecule has 3 aromatic rings. The van der Waals surface area contributed by atoms with Gasteiger partial charge < -0.3 is 19.1 Å². The van der Waals surface area contributed by atoms with E-state index in [0.29, 0.717) is 30.1 Å². The van der Waals surface area contributed by atoms with Gasteiger partial charge in [-0.05, 0) is 35.2 Å². The molecule has 3 aromatic carbocycles. The molecule has 0 radical (unpaired) electrons. The van der Waals surface area contributed by atoms with Gasteiger partial charge in [0.2, 0.25) is 11.7 Å². The van der Waals surface area contributed by atoms with Crippen molar-refractivity contribution in [2.45, 2.75) is 18.9 Å². The van der Waals surface area contributed by atoms with Crippen molar-refractivity contribution in [3.05, 3.63) is 89.5 Å². The third-order valence-electron chi connectivity index (χ3n) is 6.61. The summed E-state index contributed by atoms with van der Waals surface area (Å²) in [6.45, 7) is 3.13. The molecule has 1 fully saturated rings. The summed E-state index contributed by atoms with van der Waals surface area (Å²) >= 11 is 0. The number of hydrogen-bond acceptors (Lipinski definition) is 5. The van der Waals surface area contributed by atoms with Crippen molar-refractivity contribution in [2.24, 2.45) is 0 Å². The minimum Gasteiger partial charge on any atom is -0.493 e. The van der Waals surface area contributed by atoms with Gasteiger partial charge in [-0.1, -0.05) is 60.7 Å². The van der Waals surface area contributed by atoms with E-state index in [1.165, 1.54) is 11.1 Å². The average molecular weight is 475 g/mol. The van der Waals surface area contributed by atoms with Crippen molar-refractivity contribution in [2.75, 3.05) is 47.5 Å². The molecule has 0 N–H and O–H groups in total. The Balaban J connectivity index is 1.39. The quantitative estimate of drug-likeness (QED) is 0.454. The Morgan fingerprint density at radius 1 is 0.771 bits per heavy atom. The van der Waals surface area contributed by atoms with Crippen LogP contribution in [-0.2, 0) is 11.2 Å². The lowest BCUT2D eigenvalue weighted by Gasteiger charge is -2.40.